The zero-order valence-corrected chi connectivity index (χ0v) is 8.64. The molecule has 0 bridgehead atoms. The first-order chi connectivity index (χ1) is 7.61. The summed E-state index contributed by atoms with van der Waals surface area (Å²) in [6.07, 6.45) is 0. The first-order valence-electron chi connectivity index (χ1n) is 4.25. The fourth-order valence-corrected chi connectivity index (χ4v) is 1.45. The third kappa shape index (κ3) is 1.59. The van der Waals surface area contributed by atoms with Crippen molar-refractivity contribution in [3.05, 3.63) is 39.4 Å². The van der Waals surface area contributed by atoms with Gasteiger partial charge in [0.2, 0.25) is 0 Å². The van der Waals surface area contributed by atoms with Gasteiger partial charge >= 0.3 is 0 Å². The molecule has 2 rings (SSSR count). The van der Waals surface area contributed by atoms with Gasteiger partial charge in [-0.1, -0.05) is 28.9 Å². The van der Waals surface area contributed by atoms with Crippen LogP contribution in [0.25, 0.3) is 11.3 Å². The second-order valence-electron chi connectivity index (χ2n) is 2.99. The first-order valence-corrected chi connectivity index (χ1v) is 4.63. The molecular formula is C9H6ClN3O3. The molecule has 0 fully saturated rings. The van der Waals surface area contributed by atoms with E-state index in [0.29, 0.717) is 0 Å². The summed E-state index contributed by atoms with van der Waals surface area (Å²) < 4.78 is 4.86. The van der Waals surface area contributed by atoms with Crippen LogP contribution in [0.5, 0.6) is 0 Å². The maximum absolute atomic E-state index is 10.8. The number of aromatic nitrogens is 1. The lowest BCUT2D eigenvalue weighted by molar-refractivity contribution is -0.384. The van der Waals surface area contributed by atoms with Crippen LogP contribution in [0.3, 0.4) is 0 Å². The second-order valence-corrected chi connectivity index (χ2v) is 3.36. The van der Waals surface area contributed by atoms with E-state index in [1.54, 1.807) is 12.1 Å². The molecule has 1 aromatic carbocycles. The van der Waals surface area contributed by atoms with Crippen molar-refractivity contribution in [1.29, 1.82) is 0 Å². The fourth-order valence-electron chi connectivity index (χ4n) is 1.28. The molecule has 0 saturated carbocycles. The van der Waals surface area contributed by atoms with Gasteiger partial charge in [0.25, 0.3) is 5.69 Å². The number of hydrogen-bond acceptors (Lipinski definition) is 5. The maximum atomic E-state index is 10.8. The predicted molar refractivity (Wildman–Crippen MR) is 58.0 cm³/mol. The minimum Gasteiger partial charge on any atom is -0.380 e. The molecule has 0 unspecified atom stereocenters. The first kappa shape index (κ1) is 10.4. The number of hydrogen-bond donors (Lipinski definition) is 1. The molecule has 0 aliphatic carbocycles. The standard InChI is InChI=1S/C9H6ClN3O3/c10-7-8(16-12-9(7)11)5-3-1-2-4-6(5)13(14)15/h1-4H,(H2,11,12). The smallest absolute Gasteiger partial charge is 0.280 e. The van der Waals surface area contributed by atoms with Crippen LogP contribution >= 0.6 is 11.6 Å². The van der Waals surface area contributed by atoms with E-state index in [-0.39, 0.29) is 27.9 Å². The summed E-state index contributed by atoms with van der Waals surface area (Å²) in [5.74, 6) is 0.112. The lowest BCUT2D eigenvalue weighted by Gasteiger charge is -1.98. The molecule has 1 heterocycles. The van der Waals surface area contributed by atoms with Crippen LogP contribution in [0, 0.1) is 10.1 Å². The molecule has 2 aromatic rings. The molecule has 2 N–H and O–H groups in total. The van der Waals surface area contributed by atoms with Crippen LogP contribution < -0.4 is 5.73 Å². The average Bonchev–Trinajstić information content (AvgIpc) is 2.60. The Morgan fingerprint density at radius 3 is 2.69 bits per heavy atom. The summed E-state index contributed by atoms with van der Waals surface area (Å²) >= 11 is 5.82. The zero-order chi connectivity index (χ0) is 11.7. The summed E-state index contributed by atoms with van der Waals surface area (Å²) in [6, 6.07) is 6.06. The van der Waals surface area contributed by atoms with Gasteiger partial charge in [-0.15, -0.1) is 0 Å². The Morgan fingerprint density at radius 2 is 2.12 bits per heavy atom. The fraction of sp³-hybridized carbons (Fsp3) is 0. The van der Waals surface area contributed by atoms with Gasteiger partial charge in [0.05, 0.1) is 10.5 Å². The topological polar surface area (TPSA) is 95.2 Å². The molecule has 0 aliphatic heterocycles. The molecule has 0 atom stereocenters. The molecule has 7 heteroatoms. The summed E-state index contributed by atoms with van der Waals surface area (Å²) in [5, 5.41) is 14.3. The molecule has 0 radical (unpaired) electrons. The van der Waals surface area contributed by atoms with Crippen LogP contribution in [0.1, 0.15) is 0 Å². The van der Waals surface area contributed by atoms with E-state index in [4.69, 9.17) is 21.9 Å². The van der Waals surface area contributed by atoms with Crippen LogP contribution in [0.4, 0.5) is 11.5 Å². The number of anilines is 1. The summed E-state index contributed by atoms with van der Waals surface area (Å²) in [6.45, 7) is 0. The second kappa shape index (κ2) is 3.82. The lowest BCUT2D eigenvalue weighted by atomic mass is 10.1. The third-order valence-corrected chi connectivity index (χ3v) is 2.37. The molecule has 0 saturated heterocycles. The van der Waals surface area contributed by atoms with Crippen molar-refractivity contribution in [3.8, 4) is 11.3 Å². The lowest BCUT2D eigenvalue weighted by Crippen LogP contribution is -1.91. The van der Waals surface area contributed by atoms with E-state index in [2.05, 4.69) is 5.16 Å². The van der Waals surface area contributed by atoms with Gasteiger partial charge in [0.1, 0.15) is 5.02 Å². The molecule has 0 spiro atoms. The van der Waals surface area contributed by atoms with Gasteiger partial charge in [-0.3, -0.25) is 10.1 Å². The van der Waals surface area contributed by atoms with Crippen molar-refractivity contribution in [2.24, 2.45) is 0 Å². The highest BCUT2D eigenvalue weighted by Crippen LogP contribution is 2.36. The van der Waals surface area contributed by atoms with Crippen LogP contribution in [0.15, 0.2) is 28.8 Å². The number of halogens is 1. The Morgan fingerprint density at radius 1 is 1.44 bits per heavy atom. The van der Waals surface area contributed by atoms with Gasteiger partial charge in [-0.2, -0.15) is 0 Å². The molecule has 16 heavy (non-hydrogen) atoms. The average molecular weight is 240 g/mol. The van der Waals surface area contributed by atoms with Crippen LogP contribution in [0.2, 0.25) is 5.02 Å². The van der Waals surface area contributed by atoms with Gasteiger partial charge < -0.3 is 10.3 Å². The molecule has 0 aliphatic rings. The van der Waals surface area contributed by atoms with E-state index in [0.717, 1.165) is 0 Å². The summed E-state index contributed by atoms with van der Waals surface area (Å²) in [5.41, 5.74) is 5.54. The SMILES string of the molecule is Nc1noc(-c2ccccc2[N+](=O)[O-])c1Cl. The highest BCUT2D eigenvalue weighted by atomic mass is 35.5. The Kier molecular flexibility index (Phi) is 2.49. The van der Waals surface area contributed by atoms with Crippen LogP contribution in [-0.4, -0.2) is 10.1 Å². The highest BCUT2D eigenvalue weighted by Gasteiger charge is 2.22. The molecule has 0 amide bonds. The van der Waals surface area contributed by atoms with Crippen LogP contribution in [-0.2, 0) is 0 Å². The minimum absolute atomic E-state index is 0.00909. The van der Waals surface area contributed by atoms with Crippen molar-refractivity contribution in [3.63, 3.8) is 0 Å². The number of nitro benzene ring substituents is 1. The van der Waals surface area contributed by atoms with Crippen molar-refractivity contribution in [2.75, 3.05) is 5.73 Å². The minimum atomic E-state index is -0.523. The molecular weight excluding hydrogens is 234 g/mol. The van der Waals surface area contributed by atoms with Gasteiger partial charge in [-0.25, -0.2) is 0 Å². The van der Waals surface area contributed by atoms with E-state index < -0.39 is 4.92 Å². The Bertz CT molecular complexity index is 553. The summed E-state index contributed by atoms with van der Waals surface area (Å²) in [7, 11) is 0. The third-order valence-electron chi connectivity index (χ3n) is 2.00. The van der Waals surface area contributed by atoms with Crippen molar-refractivity contribution < 1.29 is 9.45 Å². The monoisotopic (exact) mass is 239 g/mol. The van der Waals surface area contributed by atoms with E-state index >= 15 is 0 Å². The molecule has 6 nitrogen and oxygen atoms in total. The van der Waals surface area contributed by atoms with Gasteiger partial charge in [-0.05, 0) is 6.07 Å². The van der Waals surface area contributed by atoms with Crippen molar-refractivity contribution >= 4 is 23.1 Å². The number of rotatable bonds is 2. The van der Waals surface area contributed by atoms with E-state index in [1.165, 1.54) is 12.1 Å². The van der Waals surface area contributed by atoms with E-state index in [1.807, 2.05) is 0 Å². The maximum Gasteiger partial charge on any atom is 0.280 e. The summed E-state index contributed by atoms with van der Waals surface area (Å²) in [4.78, 5) is 10.3. The number of benzene rings is 1. The highest BCUT2D eigenvalue weighted by molar-refractivity contribution is 6.35. The Balaban J connectivity index is 2.64. The Hall–Kier alpha value is -2.08. The quantitative estimate of drug-likeness (QED) is 0.642. The zero-order valence-electron chi connectivity index (χ0n) is 7.88. The number of nitro groups is 1. The van der Waals surface area contributed by atoms with Gasteiger partial charge in [0.15, 0.2) is 11.6 Å². The predicted octanol–water partition coefficient (Wildman–Crippen LogP) is 2.49. The number of nitrogen functional groups attached to an aromatic ring is 1. The van der Waals surface area contributed by atoms with Crippen molar-refractivity contribution in [1.82, 2.24) is 5.16 Å². The van der Waals surface area contributed by atoms with Crippen molar-refractivity contribution in [2.45, 2.75) is 0 Å². The number of nitrogens with zero attached hydrogens (tertiary/aromatic N) is 2. The normalized spacial score (nSPS) is 10.3. The Labute approximate surface area is 94.7 Å². The van der Waals surface area contributed by atoms with Gasteiger partial charge in [0, 0.05) is 6.07 Å². The largest absolute Gasteiger partial charge is 0.380 e. The van der Waals surface area contributed by atoms with E-state index in [9.17, 15) is 10.1 Å². The molecule has 1 aromatic heterocycles. The number of para-hydroxylation sites is 1. The number of nitrogens with two attached hydrogens (primary N) is 1. The molecule has 82 valence electrons.